The number of pyridine rings is 2. The van der Waals surface area contributed by atoms with E-state index in [4.69, 9.17) is 4.98 Å². The molecule has 2 N–H and O–H groups in total. The summed E-state index contributed by atoms with van der Waals surface area (Å²) in [4.78, 5) is 116. The van der Waals surface area contributed by atoms with Gasteiger partial charge in [-0.3, -0.25) is 64.0 Å². The number of amides is 7. The monoisotopic (exact) mass is 893 g/mol. The van der Waals surface area contributed by atoms with Gasteiger partial charge in [0, 0.05) is 111 Å². The number of carbonyl (C=O) groups is 7. The number of hydrogen-bond acceptors (Lipinski definition) is 14. The normalized spacial score (nSPS) is 19.4. The predicted octanol–water partition coefficient (Wildman–Crippen LogP) is 2.81. The average molecular weight is 894 g/mol. The summed E-state index contributed by atoms with van der Waals surface area (Å²) >= 11 is 1.30. The van der Waals surface area contributed by atoms with Gasteiger partial charge < -0.3 is 19.6 Å². The van der Waals surface area contributed by atoms with Gasteiger partial charge in [-0.2, -0.15) is 0 Å². The molecule has 5 aliphatic rings. The van der Waals surface area contributed by atoms with Crippen LogP contribution in [0.4, 0.5) is 16.5 Å². The Bertz CT molecular complexity index is 2740. The fourth-order valence-electron chi connectivity index (χ4n) is 9.31. The maximum Gasteiger partial charge on any atom is 0.262 e. The number of aromatic nitrogens is 3. The van der Waals surface area contributed by atoms with Crippen LogP contribution in [0.1, 0.15) is 61.2 Å². The van der Waals surface area contributed by atoms with Crippen LogP contribution in [-0.2, 0) is 25.7 Å². The van der Waals surface area contributed by atoms with Gasteiger partial charge >= 0.3 is 0 Å². The zero-order chi connectivity index (χ0) is 44.8. The lowest BCUT2D eigenvalue weighted by Gasteiger charge is -2.39. The molecule has 19 heteroatoms. The van der Waals surface area contributed by atoms with E-state index in [1.165, 1.54) is 11.3 Å². The number of fused-ring (bicyclic) bond motifs is 2. The lowest BCUT2D eigenvalue weighted by molar-refractivity contribution is -0.136. The van der Waals surface area contributed by atoms with Crippen LogP contribution in [0.25, 0.3) is 11.1 Å². The van der Waals surface area contributed by atoms with Crippen molar-refractivity contribution in [1.29, 1.82) is 0 Å². The molecule has 2 aromatic carbocycles. The minimum Gasteiger partial charge on any atom is -0.369 e. The Kier molecular flexibility index (Phi) is 11.1. The maximum absolute atomic E-state index is 14.1. The molecular formula is C46H43N11O7S. The first-order valence-electron chi connectivity index (χ1n) is 21.5. The third-order valence-corrected chi connectivity index (χ3v) is 13.4. The van der Waals surface area contributed by atoms with Crippen molar-refractivity contribution in [3.8, 4) is 11.1 Å². The average Bonchev–Trinajstić information content (AvgIpc) is 4.03. The Hall–Kier alpha value is -7.38. The molecule has 0 bridgehead atoms. The van der Waals surface area contributed by atoms with Gasteiger partial charge in [0.15, 0.2) is 5.13 Å². The van der Waals surface area contributed by atoms with Crippen LogP contribution in [0, 0.1) is 0 Å². The molecule has 8 heterocycles. The Balaban J connectivity index is 0.748. The molecule has 5 aromatic rings. The van der Waals surface area contributed by atoms with Crippen LogP contribution in [0.5, 0.6) is 0 Å². The number of nitrogens with zero attached hydrogens (tertiary/aromatic N) is 9. The highest BCUT2D eigenvalue weighted by atomic mass is 32.1. The van der Waals surface area contributed by atoms with Crippen molar-refractivity contribution in [2.75, 3.05) is 74.0 Å². The lowest BCUT2D eigenvalue weighted by Crippen LogP contribution is -2.54. The van der Waals surface area contributed by atoms with Crippen molar-refractivity contribution in [2.24, 2.45) is 0 Å². The first-order chi connectivity index (χ1) is 31.6. The van der Waals surface area contributed by atoms with Gasteiger partial charge in [-0.15, -0.1) is 11.3 Å². The Morgan fingerprint density at radius 2 is 1.54 bits per heavy atom. The summed E-state index contributed by atoms with van der Waals surface area (Å²) in [7, 11) is 0. The summed E-state index contributed by atoms with van der Waals surface area (Å²) in [6.45, 7) is 5.15. The van der Waals surface area contributed by atoms with E-state index in [0.717, 1.165) is 27.4 Å². The maximum atomic E-state index is 14.1. The molecule has 3 fully saturated rings. The van der Waals surface area contributed by atoms with E-state index < -0.39 is 35.7 Å². The van der Waals surface area contributed by atoms with Gasteiger partial charge in [0.05, 0.1) is 35.5 Å². The number of piperidine rings is 1. The van der Waals surface area contributed by atoms with E-state index in [1.54, 1.807) is 53.3 Å². The molecule has 2 unspecified atom stereocenters. The number of hydrogen-bond donors (Lipinski definition) is 2. The van der Waals surface area contributed by atoms with Gasteiger partial charge in [0.2, 0.25) is 17.7 Å². The number of benzene rings is 2. The summed E-state index contributed by atoms with van der Waals surface area (Å²) < 4.78 is 0. The van der Waals surface area contributed by atoms with Crippen LogP contribution >= 0.6 is 11.3 Å². The molecule has 7 amide bonds. The standard InChI is InChI=1S/C46H43N11O7S/c58-38-9-8-37(41(60)50-38)57-44(63)31-7-6-30(23-32(31)45(57)64)53-15-13-52(14-16-53)27-39(59)55-19-17-54(18-20-55)36-10-11-47-25-34(36)29-22-33-35(49-24-29)26-56(43(33)62)40(28-4-2-1-3-5-28)42(61)51-46-48-12-21-65-46/h1-7,10-12,21-25,37,40H,8-9,13-20,26-27H2,(H,48,51,61)(H,50,58,60). The molecular weight excluding hydrogens is 851 g/mol. The van der Waals surface area contributed by atoms with E-state index in [9.17, 15) is 33.6 Å². The summed E-state index contributed by atoms with van der Waals surface area (Å²) in [5, 5.41) is 7.30. The van der Waals surface area contributed by atoms with Crippen LogP contribution in [0.15, 0.2) is 90.8 Å². The second kappa shape index (κ2) is 17.3. The van der Waals surface area contributed by atoms with E-state index in [2.05, 4.69) is 35.3 Å². The van der Waals surface area contributed by atoms with Gasteiger partial charge in [0.25, 0.3) is 23.6 Å². The van der Waals surface area contributed by atoms with E-state index >= 15 is 0 Å². The highest BCUT2D eigenvalue weighted by Gasteiger charge is 2.45. The van der Waals surface area contributed by atoms with Crippen molar-refractivity contribution in [3.05, 3.63) is 119 Å². The second-order valence-electron chi connectivity index (χ2n) is 16.5. The van der Waals surface area contributed by atoms with Crippen molar-refractivity contribution in [1.82, 2.24) is 39.9 Å². The SMILES string of the molecule is O=C1CCC(N2C(=O)c3ccc(N4CCN(CC(=O)N5CCN(c6ccncc6-c6cnc7c(c6)C(=O)N(C(C(=O)Nc6nccs6)c6ccccc6)C7)CC5)CC4)cc3C2=O)C(=O)N1. The van der Waals surface area contributed by atoms with Gasteiger partial charge in [-0.25, -0.2) is 4.98 Å². The van der Waals surface area contributed by atoms with Crippen molar-refractivity contribution in [3.63, 3.8) is 0 Å². The molecule has 5 aliphatic heterocycles. The Morgan fingerprint density at radius 1 is 0.769 bits per heavy atom. The topological polar surface area (TPSA) is 202 Å². The number of rotatable bonds is 10. The van der Waals surface area contributed by atoms with Gasteiger partial charge in [0.1, 0.15) is 12.1 Å². The highest BCUT2D eigenvalue weighted by molar-refractivity contribution is 7.13. The van der Waals surface area contributed by atoms with Crippen LogP contribution in [0.3, 0.4) is 0 Å². The number of anilines is 3. The van der Waals surface area contributed by atoms with Crippen LogP contribution < -0.4 is 20.4 Å². The summed E-state index contributed by atoms with van der Waals surface area (Å²) in [6, 6.07) is 16.2. The first-order valence-corrected chi connectivity index (χ1v) is 22.3. The molecule has 0 radical (unpaired) electrons. The Morgan fingerprint density at radius 3 is 2.29 bits per heavy atom. The summed E-state index contributed by atoms with van der Waals surface area (Å²) in [5.41, 5.74) is 5.37. The number of nitrogens with one attached hydrogen (secondary N) is 2. The van der Waals surface area contributed by atoms with E-state index in [0.29, 0.717) is 74.3 Å². The summed E-state index contributed by atoms with van der Waals surface area (Å²) in [6.07, 6.45) is 6.99. The van der Waals surface area contributed by atoms with E-state index in [1.807, 2.05) is 47.4 Å². The second-order valence-corrected chi connectivity index (χ2v) is 17.4. The molecule has 0 saturated carbocycles. The van der Waals surface area contributed by atoms with Gasteiger partial charge in [-0.05, 0) is 42.3 Å². The molecule has 3 saturated heterocycles. The molecule has 18 nitrogen and oxygen atoms in total. The zero-order valence-corrected chi connectivity index (χ0v) is 35.9. The lowest BCUT2D eigenvalue weighted by atomic mass is 10.0. The van der Waals surface area contributed by atoms with Crippen LogP contribution in [0.2, 0.25) is 0 Å². The largest absolute Gasteiger partial charge is 0.369 e. The molecule has 65 heavy (non-hydrogen) atoms. The number of piperazine rings is 2. The number of imide groups is 2. The Labute approximate surface area is 376 Å². The van der Waals surface area contributed by atoms with Crippen molar-refractivity contribution >= 4 is 69.2 Å². The quantitative estimate of drug-likeness (QED) is 0.194. The molecule has 2 atom stereocenters. The minimum atomic E-state index is -1.02. The summed E-state index contributed by atoms with van der Waals surface area (Å²) in [5.74, 6) is -2.76. The van der Waals surface area contributed by atoms with Crippen LogP contribution in [-0.4, -0.2) is 141 Å². The van der Waals surface area contributed by atoms with E-state index in [-0.39, 0.29) is 54.8 Å². The fraction of sp³-hybridized carbons (Fsp3) is 0.304. The molecule has 10 rings (SSSR count). The molecule has 3 aromatic heterocycles. The third kappa shape index (κ3) is 7.97. The highest BCUT2D eigenvalue weighted by Crippen LogP contribution is 2.37. The van der Waals surface area contributed by atoms with Crippen molar-refractivity contribution in [2.45, 2.75) is 31.5 Å². The smallest absolute Gasteiger partial charge is 0.262 e. The zero-order valence-electron chi connectivity index (χ0n) is 35.1. The van der Waals surface area contributed by atoms with Gasteiger partial charge in [-0.1, -0.05) is 30.3 Å². The first kappa shape index (κ1) is 41.6. The number of carbonyl (C=O) groups excluding carboxylic acids is 7. The fourth-order valence-corrected chi connectivity index (χ4v) is 9.84. The molecule has 330 valence electrons. The number of thiazole rings is 1. The molecule has 0 spiro atoms. The van der Waals surface area contributed by atoms with Crippen molar-refractivity contribution < 1.29 is 33.6 Å². The predicted molar refractivity (Wildman–Crippen MR) is 238 cm³/mol. The minimum absolute atomic E-state index is 0.0447. The third-order valence-electron chi connectivity index (χ3n) is 12.7. The molecule has 0 aliphatic carbocycles.